The highest BCUT2D eigenvalue weighted by Gasteiger charge is 3.11. The van der Waals surface area contributed by atoms with E-state index in [0.717, 1.165) is 23.3 Å². The number of esters is 1. The van der Waals surface area contributed by atoms with E-state index in [1.165, 1.54) is 7.11 Å². The van der Waals surface area contributed by atoms with Crippen LogP contribution in [0.2, 0.25) is 0 Å². The van der Waals surface area contributed by atoms with E-state index in [1.54, 1.807) is 0 Å². The topological polar surface area (TPSA) is 62.5 Å². The third-order valence-corrected chi connectivity index (χ3v) is 9.45. The summed E-state index contributed by atoms with van der Waals surface area (Å²) >= 11 is 0. The van der Waals surface area contributed by atoms with Gasteiger partial charge in [0.05, 0.1) is 24.3 Å². The lowest BCUT2D eigenvalue weighted by Crippen LogP contribution is -3.11. The molecule has 0 aliphatic heterocycles. The highest BCUT2D eigenvalue weighted by Crippen LogP contribution is 3.11. The van der Waals surface area contributed by atoms with Gasteiger partial charge in [-0.05, 0) is 47.3 Å². The first-order valence-corrected chi connectivity index (χ1v) is 10.9. The molecule has 0 saturated heterocycles. The molecular weight excluding hydrogens is 372 g/mol. The predicted octanol–water partition coefficient (Wildman–Crippen LogP) is 3.72. The maximum atomic E-state index is 12.3. The molecule has 0 bridgehead atoms. The summed E-state index contributed by atoms with van der Waals surface area (Å²) in [6.45, 7) is 0. The third-order valence-electron chi connectivity index (χ3n) is 9.45. The van der Waals surface area contributed by atoms with Gasteiger partial charge in [-0.25, -0.2) is 0 Å². The predicted molar refractivity (Wildman–Crippen MR) is 110 cm³/mol. The standard InChI is InChI=1S/C26H22N2O2/c1-30-24(29)26-20-17-21(26)19-22(26)18(20)25(17,19)12-16(13-27)28-23(14-8-4-2-5-9-14)15-10-6-3-7-11-15/h2-11,16-22H,12H2,1H3. The molecule has 6 aliphatic carbocycles. The van der Waals surface area contributed by atoms with Crippen LogP contribution in [0.1, 0.15) is 17.5 Å². The monoisotopic (exact) mass is 394 g/mol. The Morgan fingerprint density at radius 1 is 0.967 bits per heavy atom. The van der Waals surface area contributed by atoms with Crippen molar-refractivity contribution < 1.29 is 9.53 Å². The van der Waals surface area contributed by atoms with E-state index in [4.69, 9.17) is 9.73 Å². The molecule has 6 saturated carbocycles. The van der Waals surface area contributed by atoms with Gasteiger partial charge in [0.15, 0.2) is 0 Å². The minimum absolute atomic E-state index is 0.0323. The molecule has 148 valence electrons. The number of hydrogen-bond acceptors (Lipinski definition) is 4. The highest BCUT2D eigenvalue weighted by atomic mass is 16.5. The molecule has 30 heavy (non-hydrogen) atoms. The lowest BCUT2D eigenvalue weighted by atomic mass is 8.92. The zero-order valence-corrected chi connectivity index (χ0v) is 16.7. The Hall–Kier alpha value is -2.93. The molecule has 6 fully saturated rings. The number of hydrogen-bond donors (Lipinski definition) is 0. The van der Waals surface area contributed by atoms with Crippen LogP contribution in [0.25, 0.3) is 0 Å². The normalized spacial score (nSPS) is 42.5. The number of carbonyl (C=O) groups is 1. The van der Waals surface area contributed by atoms with E-state index >= 15 is 0 Å². The lowest BCUT2D eigenvalue weighted by molar-refractivity contribution is -0.644. The molecular formula is C26H22N2O2. The number of carbonyl (C=O) groups excluding carboxylic acids is 1. The molecule has 8 rings (SSSR count). The van der Waals surface area contributed by atoms with Crippen molar-refractivity contribution in [3.05, 3.63) is 71.8 Å². The van der Waals surface area contributed by atoms with Gasteiger partial charge < -0.3 is 4.74 Å². The van der Waals surface area contributed by atoms with E-state index in [9.17, 15) is 10.1 Å². The SMILES string of the molecule is COC(=O)C12C3C4C1C1C2C3C41CC(C#N)N=C(c1ccccc1)c1ccccc1. The van der Waals surface area contributed by atoms with Gasteiger partial charge >= 0.3 is 5.97 Å². The fourth-order valence-electron chi connectivity index (χ4n) is 8.86. The zero-order valence-electron chi connectivity index (χ0n) is 16.7. The first-order chi connectivity index (χ1) is 14.7. The summed E-state index contributed by atoms with van der Waals surface area (Å²) in [4.78, 5) is 17.3. The molecule has 6 aliphatic rings. The maximum absolute atomic E-state index is 12.3. The molecule has 0 radical (unpaired) electrons. The molecule has 1 unspecified atom stereocenters. The number of methoxy groups -OCH3 is 1. The Bertz CT molecular complexity index is 1050. The minimum atomic E-state index is -0.348. The number of nitriles is 1. The maximum Gasteiger partial charge on any atom is 0.312 e. The van der Waals surface area contributed by atoms with Crippen LogP contribution in [0.4, 0.5) is 0 Å². The second kappa shape index (κ2) is 5.21. The van der Waals surface area contributed by atoms with Gasteiger partial charge in [-0.1, -0.05) is 60.7 Å². The number of aliphatic imine (C=N–C) groups is 1. The van der Waals surface area contributed by atoms with E-state index < -0.39 is 0 Å². The van der Waals surface area contributed by atoms with Crippen molar-refractivity contribution in [3.63, 3.8) is 0 Å². The van der Waals surface area contributed by atoms with Gasteiger partial charge in [-0.15, -0.1) is 0 Å². The molecule has 0 N–H and O–H groups in total. The second-order valence-electron chi connectivity index (χ2n) is 9.75. The first kappa shape index (κ1) is 16.8. The summed E-state index contributed by atoms with van der Waals surface area (Å²) in [5.41, 5.74) is 3.16. The fraction of sp³-hybridized carbons (Fsp3) is 0.423. The van der Waals surface area contributed by atoms with Crippen LogP contribution in [0.5, 0.6) is 0 Å². The number of benzene rings is 2. The summed E-state index contributed by atoms with van der Waals surface area (Å²) in [6, 6.07) is 22.4. The molecule has 4 nitrogen and oxygen atoms in total. The quantitative estimate of drug-likeness (QED) is 0.554. The molecule has 0 aromatic heterocycles. The molecule has 0 amide bonds. The van der Waals surface area contributed by atoms with Crippen molar-refractivity contribution in [3.8, 4) is 6.07 Å². The van der Waals surface area contributed by atoms with Crippen LogP contribution in [0.15, 0.2) is 65.7 Å². The molecule has 4 heteroatoms. The largest absolute Gasteiger partial charge is 0.469 e. The van der Waals surface area contributed by atoms with Crippen LogP contribution in [0, 0.1) is 57.7 Å². The Balaban J connectivity index is 1.18. The van der Waals surface area contributed by atoms with E-state index in [-0.39, 0.29) is 22.8 Å². The Morgan fingerprint density at radius 2 is 1.47 bits per heavy atom. The Labute approximate surface area is 175 Å². The lowest BCUT2D eigenvalue weighted by Gasteiger charge is -3.10. The van der Waals surface area contributed by atoms with Crippen molar-refractivity contribution >= 4 is 11.7 Å². The van der Waals surface area contributed by atoms with Crippen LogP contribution < -0.4 is 0 Å². The fourth-order valence-corrected chi connectivity index (χ4v) is 8.86. The Kier molecular flexibility index (Phi) is 2.92. The average Bonchev–Trinajstić information content (AvgIpc) is 2.82. The summed E-state index contributed by atoms with van der Waals surface area (Å²) in [7, 11) is 1.52. The van der Waals surface area contributed by atoms with Gasteiger partial charge in [0.1, 0.15) is 6.04 Å². The van der Waals surface area contributed by atoms with Crippen molar-refractivity contribution in [2.45, 2.75) is 12.5 Å². The number of ether oxygens (including phenoxy) is 1. The van der Waals surface area contributed by atoms with Gasteiger partial charge in [0.2, 0.25) is 0 Å². The molecule has 0 heterocycles. The van der Waals surface area contributed by atoms with E-state index in [2.05, 4.69) is 30.3 Å². The first-order valence-electron chi connectivity index (χ1n) is 10.9. The minimum Gasteiger partial charge on any atom is -0.469 e. The Morgan fingerprint density at radius 3 is 1.90 bits per heavy atom. The highest BCUT2D eigenvalue weighted by molar-refractivity contribution is 6.13. The molecule has 1 atom stereocenters. The van der Waals surface area contributed by atoms with Crippen LogP contribution in [-0.4, -0.2) is 24.8 Å². The van der Waals surface area contributed by atoms with Crippen LogP contribution in [0.3, 0.4) is 0 Å². The molecule has 0 spiro atoms. The van der Waals surface area contributed by atoms with E-state index in [0.29, 0.717) is 35.5 Å². The van der Waals surface area contributed by atoms with Crippen molar-refractivity contribution in [1.82, 2.24) is 0 Å². The van der Waals surface area contributed by atoms with Crippen molar-refractivity contribution in [1.29, 1.82) is 5.26 Å². The van der Waals surface area contributed by atoms with Crippen LogP contribution in [-0.2, 0) is 9.53 Å². The smallest absolute Gasteiger partial charge is 0.312 e. The average molecular weight is 394 g/mol. The second-order valence-corrected chi connectivity index (χ2v) is 9.75. The summed E-state index contributed by atoms with van der Waals surface area (Å²) < 4.78 is 5.13. The molecule has 2 aromatic rings. The number of rotatable bonds is 6. The van der Waals surface area contributed by atoms with Gasteiger partial charge in [-0.2, -0.15) is 5.26 Å². The van der Waals surface area contributed by atoms with Crippen LogP contribution >= 0.6 is 0 Å². The van der Waals surface area contributed by atoms with Crippen molar-refractivity contribution in [2.24, 2.45) is 51.3 Å². The van der Waals surface area contributed by atoms with Gasteiger partial charge in [0.25, 0.3) is 0 Å². The van der Waals surface area contributed by atoms with Gasteiger partial charge in [-0.3, -0.25) is 9.79 Å². The van der Waals surface area contributed by atoms with Gasteiger partial charge in [0, 0.05) is 11.1 Å². The summed E-state index contributed by atoms with van der Waals surface area (Å²) in [5.74, 6) is 3.56. The molecule has 2 aromatic carbocycles. The number of nitrogens with zero attached hydrogens (tertiary/aromatic N) is 2. The van der Waals surface area contributed by atoms with E-state index in [1.807, 2.05) is 36.4 Å². The summed E-state index contributed by atoms with van der Waals surface area (Å²) in [5, 5.41) is 9.99. The van der Waals surface area contributed by atoms with Crippen molar-refractivity contribution in [2.75, 3.05) is 7.11 Å². The zero-order chi connectivity index (χ0) is 20.3. The summed E-state index contributed by atoms with van der Waals surface area (Å²) in [6.07, 6.45) is 0.841. The third kappa shape index (κ3) is 1.45.